The first-order chi connectivity index (χ1) is 8.99. The third-order valence-electron chi connectivity index (χ3n) is 2.38. The second kappa shape index (κ2) is 6.43. The zero-order valence-corrected chi connectivity index (χ0v) is 14.6. The molecule has 2 rings (SSSR count). The second-order valence-electron chi connectivity index (χ2n) is 3.68. The maximum Gasteiger partial charge on any atom is 0.257 e. The van der Waals surface area contributed by atoms with Gasteiger partial charge in [0.05, 0.1) is 21.3 Å². The Kier molecular flexibility index (Phi) is 5.11. The van der Waals surface area contributed by atoms with E-state index in [4.69, 9.17) is 23.2 Å². The summed E-state index contributed by atoms with van der Waals surface area (Å²) in [5.74, 6) is -0.297. The summed E-state index contributed by atoms with van der Waals surface area (Å²) in [6.45, 7) is 0. The third kappa shape index (κ3) is 3.62. The van der Waals surface area contributed by atoms with Crippen molar-refractivity contribution < 1.29 is 4.79 Å². The van der Waals surface area contributed by atoms with Crippen LogP contribution in [0.2, 0.25) is 10.0 Å². The third-order valence-corrected chi connectivity index (χ3v) is 4.66. The Morgan fingerprint density at radius 1 is 1.21 bits per heavy atom. The highest BCUT2D eigenvalue weighted by atomic mass is 127. The van der Waals surface area contributed by atoms with E-state index in [-0.39, 0.29) is 5.91 Å². The second-order valence-corrected chi connectivity index (χ2v) is 6.56. The van der Waals surface area contributed by atoms with E-state index in [0.29, 0.717) is 25.8 Å². The monoisotopic (exact) mass is 469 g/mol. The highest BCUT2D eigenvalue weighted by Crippen LogP contribution is 2.28. The van der Waals surface area contributed by atoms with Crippen molar-refractivity contribution >= 4 is 73.3 Å². The molecule has 19 heavy (non-hydrogen) atoms. The molecule has 98 valence electrons. The van der Waals surface area contributed by atoms with E-state index in [1.807, 2.05) is 6.07 Å². The SMILES string of the molecule is O=C(Nc1ccc(I)cc1Cl)c1cccc(Br)c1Cl. The highest BCUT2D eigenvalue weighted by molar-refractivity contribution is 14.1. The van der Waals surface area contributed by atoms with Gasteiger partial charge in [-0.3, -0.25) is 4.79 Å². The van der Waals surface area contributed by atoms with Gasteiger partial charge in [-0.25, -0.2) is 0 Å². The molecule has 1 N–H and O–H groups in total. The molecule has 0 radical (unpaired) electrons. The zero-order chi connectivity index (χ0) is 14.0. The normalized spacial score (nSPS) is 10.3. The molecule has 0 aromatic heterocycles. The van der Waals surface area contributed by atoms with E-state index in [0.717, 1.165) is 3.57 Å². The molecule has 0 aliphatic heterocycles. The predicted molar refractivity (Wildman–Crippen MR) is 91.3 cm³/mol. The summed E-state index contributed by atoms with van der Waals surface area (Å²) in [7, 11) is 0. The van der Waals surface area contributed by atoms with Crippen LogP contribution in [-0.4, -0.2) is 5.91 Å². The number of nitrogens with one attached hydrogen (secondary N) is 1. The fourth-order valence-corrected chi connectivity index (χ4v) is 2.94. The van der Waals surface area contributed by atoms with E-state index >= 15 is 0 Å². The molecule has 6 heteroatoms. The van der Waals surface area contributed by atoms with Crippen molar-refractivity contribution in [2.75, 3.05) is 5.32 Å². The molecular weight excluding hydrogens is 464 g/mol. The van der Waals surface area contributed by atoms with Gasteiger partial charge in [-0.2, -0.15) is 0 Å². The van der Waals surface area contributed by atoms with E-state index in [9.17, 15) is 4.79 Å². The number of halogens is 4. The van der Waals surface area contributed by atoms with E-state index < -0.39 is 0 Å². The number of hydrogen-bond acceptors (Lipinski definition) is 1. The van der Waals surface area contributed by atoms with Crippen LogP contribution in [0, 0.1) is 3.57 Å². The van der Waals surface area contributed by atoms with Crippen LogP contribution in [0.4, 0.5) is 5.69 Å². The average Bonchev–Trinajstić information content (AvgIpc) is 2.36. The molecule has 0 saturated carbocycles. The number of carbonyl (C=O) groups is 1. The molecule has 0 atom stereocenters. The first kappa shape index (κ1) is 15.1. The number of carbonyl (C=O) groups excluding carboxylic acids is 1. The van der Waals surface area contributed by atoms with E-state index in [1.54, 1.807) is 30.3 Å². The molecule has 0 unspecified atom stereocenters. The summed E-state index contributed by atoms with van der Waals surface area (Å²) < 4.78 is 1.68. The predicted octanol–water partition coefficient (Wildman–Crippen LogP) is 5.61. The number of rotatable bonds is 2. The topological polar surface area (TPSA) is 29.1 Å². The number of anilines is 1. The molecule has 0 bridgehead atoms. The first-order valence-electron chi connectivity index (χ1n) is 5.19. The Balaban J connectivity index is 2.28. The van der Waals surface area contributed by atoms with E-state index in [1.165, 1.54) is 0 Å². The lowest BCUT2D eigenvalue weighted by molar-refractivity contribution is 0.102. The summed E-state index contributed by atoms with van der Waals surface area (Å²) in [6, 6.07) is 10.6. The van der Waals surface area contributed by atoms with Crippen LogP contribution in [0.1, 0.15) is 10.4 Å². The quantitative estimate of drug-likeness (QED) is 0.568. The molecule has 2 aromatic rings. The average molecular weight is 471 g/mol. The summed E-state index contributed by atoms with van der Waals surface area (Å²) in [4.78, 5) is 12.1. The minimum absolute atomic E-state index is 0.297. The minimum Gasteiger partial charge on any atom is -0.321 e. The van der Waals surface area contributed by atoms with Gasteiger partial charge in [0.2, 0.25) is 0 Å². The maximum atomic E-state index is 12.1. The van der Waals surface area contributed by atoms with Crippen LogP contribution in [0.15, 0.2) is 40.9 Å². The van der Waals surface area contributed by atoms with Crippen LogP contribution in [0.5, 0.6) is 0 Å². The lowest BCUT2D eigenvalue weighted by Gasteiger charge is -2.09. The van der Waals surface area contributed by atoms with Crippen molar-refractivity contribution in [3.8, 4) is 0 Å². The molecule has 0 saturated heterocycles. The van der Waals surface area contributed by atoms with Gasteiger partial charge in [0.25, 0.3) is 5.91 Å². The van der Waals surface area contributed by atoms with Crippen LogP contribution in [-0.2, 0) is 0 Å². The summed E-state index contributed by atoms with van der Waals surface area (Å²) >= 11 is 17.6. The van der Waals surface area contributed by atoms with Gasteiger partial charge in [-0.15, -0.1) is 0 Å². The molecule has 0 aliphatic carbocycles. The van der Waals surface area contributed by atoms with Crippen molar-refractivity contribution in [1.29, 1.82) is 0 Å². The van der Waals surface area contributed by atoms with E-state index in [2.05, 4.69) is 43.8 Å². The van der Waals surface area contributed by atoms with Gasteiger partial charge in [-0.05, 0) is 68.9 Å². The fourth-order valence-electron chi connectivity index (χ4n) is 1.46. The van der Waals surface area contributed by atoms with Crippen molar-refractivity contribution in [3.63, 3.8) is 0 Å². The molecule has 0 spiro atoms. The van der Waals surface area contributed by atoms with Gasteiger partial charge in [0.1, 0.15) is 0 Å². The minimum atomic E-state index is -0.297. The summed E-state index contributed by atoms with van der Waals surface area (Å²) in [6.07, 6.45) is 0. The molecule has 1 amide bonds. The molecule has 0 aliphatic rings. The maximum absolute atomic E-state index is 12.1. The Hall–Kier alpha value is -0.300. The van der Waals surface area contributed by atoms with Crippen LogP contribution in [0.3, 0.4) is 0 Å². The number of amides is 1. The molecule has 0 heterocycles. The number of benzene rings is 2. The standard InChI is InChI=1S/C13H7BrCl2INO/c14-9-3-1-2-8(12(9)16)13(19)18-11-5-4-7(17)6-10(11)15/h1-6H,(H,18,19). The Morgan fingerprint density at radius 2 is 1.95 bits per heavy atom. The lowest BCUT2D eigenvalue weighted by atomic mass is 10.2. The molecule has 2 nitrogen and oxygen atoms in total. The molecule has 2 aromatic carbocycles. The van der Waals surface area contributed by atoms with Crippen molar-refractivity contribution in [2.45, 2.75) is 0 Å². The lowest BCUT2D eigenvalue weighted by Crippen LogP contribution is -2.13. The Bertz CT molecular complexity index is 649. The number of hydrogen-bond donors (Lipinski definition) is 1. The summed E-state index contributed by atoms with van der Waals surface area (Å²) in [5, 5.41) is 3.61. The van der Waals surface area contributed by atoms with Crippen molar-refractivity contribution in [1.82, 2.24) is 0 Å². The van der Waals surface area contributed by atoms with Crippen LogP contribution in [0.25, 0.3) is 0 Å². The smallest absolute Gasteiger partial charge is 0.257 e. The van der Waals surface area contributed by atoms with Crippen LogP contribution >= 0.6 is 61.7 Å². The summed E-state index contributed by atoms with van der Waals surface area (Å²) in [5.41, 5.74) is 0.953. The van der Waals surface area contributed by atoms with Gasteiger partial charge in [0.15, 0.2) is 0 Å². The van der Waals surface area contributed by atoms with Gasteiger partial charge < -0.3 is 5.32 Å². The van der Waals surface area contributed by atoms with Crippen molar-refractivity contribution in [2.24, 2.45) is 0 Å². The Morgan fingerprint density at radius 3 is 2.63 bits per heavy atom. The molecule has 0 fully saturated rings. The van der Waals surface area contributed by atoms with Gasteiger partial charge >= 0.3 is 0 Å². The molecular formula is C13H7BrCl2INO. The largest absolute Gasteiger partial charge is 0.321 e. The van der Waals surface area contributed by atoms with Gasteiger partial charge in [-0.1, -0.05) is 29.3 Å². The highest BCUT2D eigenvalue weighted by Gasteiger charge is 2.13. The zero-order valence-electron chi connectivity index (χ0n) is 9.38. The Labute approximate surface area is 142 Å². The van der Waals surface area contributed by atoms with Crippen molar-refractivity contribution in [3.05, 3.63) is 60.0 Å². The van der Waals surface area contributed by atoms with Crippen LogP contribution < -0.4 is 5.32 Å². The fraction of sp³-hybridized carbons (Fsp3) is 0. The first-order valence-corrected chi connectivity index (χ1v) is 7.82. The van der Waals surface area contributed by atoms with Gasteiger partial charge in [0, 0.05) is 8.04 Å².